The van der Waals surface area contributed by atoms with E-state index in [0.29, 0.717) is 5.75 Å². The SMILES string of the molecule is O=C(OCOc1ccccc1)c1cc(O)c(O)c(O)c1. The summed E-state index contributed by atoms with van der Waals surface area (Å²) in [6, 6.07) is 10.7. The lowest BCUT2D eigenvalue weighted by Crippen LogP contribution is -2.10. The minimum Gasteiger partial charge on any atom is -0.504 e. The summed E-state index contributed by atoms with van der Waals surface area (Å²) in [5.74, 6) is -2.17. The molecular weight excluding hydrogens is 264 g/mol. The average Bonchev–Trinajstić information content (AvgIpc) is 2.45. The normalized spacial score (nSPS) is 10.0. The first-order valence-corrected chi connectivity index (χ1v) is 5.68. The van der Waals surface area contributed by atoms with Gasteiger partial charge in [-0.05, 0) is 24.3 Å². The quantitative estimate of drug-likeness (QED) is 0.449. The van der Waals surface area contributed by atoms with Crippen LogP contribution < -0.4 is 4.74 Å². The molecule has 3 N–H and O–H groups in total. The summed E-state index contributed by atoms with van der Waals surface area (Å²) in [6.45, 7) is -0.314. The summed E-state index contributed by atoms with van der Waals surface area (Å²) >= 11 is 0. The molecule has 0 aromatic heterocycles. The first-order chi connectivity index (χ1) is 9.58. The summed E-state index contributed by atoms with van der Waals surface area (Å²) < 4.78 is 9.98. The van der Waals surface area contributed by atoms with Crippen molar-refractivity contribution < 1.29 is 29.6 Å². The molecule has 0 saturated heterocycles. The Morgan fingerprint density at radius 2 is 1.60 bits per heavy atom. The Morgan fingerprint density at radius 1 is 1.00 bits per heavy atom. The van der Waals surface area contributed by atoms with Crippen molar-refractivity contribution in [3.8, 4) is 23.0 Å². The van der Waals surface area contributed by atoms with Crippen molar-refractivity contribution in [2.24, 2.45) is 0 Å². The monoisotopic (exact) mass is 276 g/mol. The van der Waals surface area contributed by atoms with E-state index < -0.39 is 23.2 Å². The number of ether oxygens (including phenoxy) is 2. The van der Waals surface area contributed by atoms with Crippen molar-refractivity contribution in [2.75, 3.05) is 6.79 Å². The molecule has 20 heavy (non-hydrogen) atoms. The number of para-hydroxylation sites is 1. The first-order valence-electron chi connectivity index (χ1n) is 5.68. The number of phenols is 3. The van der Waals surface area contributed by atoms with E-state index in [-0.39, 0.29) is 12.4 Å². The fraction of sp³-hybridized carbons (Fsp3) is 0.0714. The molecule has 2 rings (SSSR count). The van der Waals surface area contributed by atoms with Crippen molar-refractivity contribution in [3.05, 3.63) is 48.0 Å². The molecule has 0 heterocycles. The maximum absolute atomic E-state index is 11.6. The van der Waals surface area contributed by atoms with Crippen LogP contribution in [0.25, 0.3) is 0 Å². The summed E-state index contributed by atoms with van der Waals surface area (Å²) in [7, 11) is 0. The molecule has 6 heteroatoms. The Balaban J connectivity index is 1.95. The topological polar surface area (TPSA) is 96.2 Å². The van der Waals surface area contributed by atoms with Gasteiger partial charge in [-0.1, -0.05) is 18.2 Å². The molecule has 0 spiro atoms. The molecule has 6 nitrogen and oxygen atoms in total. The van der Waals surface area contributed by atoms with Gasteiger partial charge < -0.3 is 24.8 Å². The van der Waals surface area contributed by atoms with E-state index in [1.165, 1.54) is 0 Å². The molecule has 2 aromatic carbocycles. The number of benzene rings is 2. The highest BCUT2D eigenvalue weighted by atomic mass is 16.7. The molecular formula is C14H12O6. The van der Waals surface area contributed by atoms with Gasteiger partial charge in [0.2, 0.25) is 6.79 Å². The molecule has 0 unspecified atom stereocenters. The molecule has 2 aromatic rings. The number of carbonyl (C=O) groups excluding carboxylic acids is 1. The predicted octanol–water partition coefficient (Wildman–Crippen LogP) is 2.00. The molecule has 0 bridgehead atoms. The van der Waals surface area contributed by atoms with Crippen LogP contribution in [0.1, 0.15) is 10.4 Å². The number of phenolic OH excluding ortho intramolecular Hbond substituents is 3. The highest BCUT2D eigenvalue weighted by molar-refractivity contribution is 5.91. The first kappa shape index (κ1) is 13.5. The largest absolute Gasteiger partial charge is 0.504 e. The van der Waals surface area contributed by atoms with Crippen LogP contribution >= 0.6 is 0 Å². The van der Waals surface area contributed by atoms with E-state index >= 15 is 0 Å². The molecule has 0 amide bonds. The predicted molar refractivity (Wildman–Crippen MR) is 68.8 cm³/mol. The minimum absolute atomic E-state index is 0.102. The molecule has 0 aliphatic carbocycles. The molecule has 0 saturated carbocycles. The molecule has 0 aliphatic heterocycles. The summed E-state index contributed by atoms with van der Waals surface area (Å²) in [6.07, 6.45) is 0. The summed E-state index contributed by atoms with van der Waals surface area (Å²) in [4.78, 5) is 11.6. The van der Waals surface area contributed by atoms with E-state index in [4.69, 9.17) is 14.6 Å². The van der Waals surface area contributed by atoms with Crippen LogP contribution in [0.3, 0.4) is 0 Å². The second-order valence-electron chi connectivity index (χ2n) is 3.87. The van der Waals surface area contributed by atoms with Gasteiger partial charge in [0.1, 0.15) is 5.75 Å². The van der Waals surface area contributed by atoms with E-state index in [1.807, 2.05) is 6.07 Å². The van der Waals surface area contributed by atoms with Crippen LogP contribution in [0.2, 0.25) is 0 Å². The molecule has 0 atom stereocenters. The van der Waals surface area contributed by atoms with Gasteiger partial charge in [0.05, 0.1) is 5.56 Å². The van der Waals surface area contributed by atoms with E-state index in [9.17, 15) is 15.0 Å². The molecule has 0 fully saturated rings. The highest BCUT2D eigenvalue weighted by Gasteiger charge is 2.14. The maximum Gasteiger partial charge on any atom is 0.341 e. The van der Waals surface area contributed by atoms with E-state index in [1.54, 1.807) is 24.3 Å². The second-order valence-corrected chi connectivity index (χ2v) is 3.87. The zero-order valence-corrected chi connectivity index (χ0v) is 10.3. The van der Waals surface area contributed by atoms with Crippen LogP contribution in [0, 0.1) is 0 Å². The van der Waals surface area contributed by atoms with Crippen LogP contribution in [0.5, 0.6) is 23.0 Å². The fourth-order valence-electron chi connectivity index (χ4n) is 1.47. The van der Waals surface area contributed by atoms with Gasteiger partial charge in [-0.25, -0.2) is 4.79 Å². The van der Waals surface area contributed by atoms with Crippen molar-refractivity contribution >= 4 is 5.97 Å². The van der Waals surface area contributed by atoms with Crippen LogP contribution in [-0.2, 0) is 4.74 Å². The molecule has 0 aliphatic rings. The summed E-state index contributed by atoms with van der Waals surface area (Å²) in [5, 5.41) is 27.7. The zero-order valence-electron chi connectivity index (χ0n) is 10.3. The maximum atomic E-state index is 11.6. The second kappa shape index (κ2) is 5.83. The number of esters is 1. The van der Waals surface area contributed by atoms with Gasteiger partial charge in [0.15, 0.2) is 17.2 Å². The minimum atomic E-state index is -0.800. The van der Waals surface area contributed by atoms with Gasteiger partial charge in [-0.15, -0.1) is 0 Å². The Labute approximate surface area is 114 Å². The Morgan fingerprint density at radius 3 is 2.20 bits per heavy atom. The number of rotatable bonds is 4. The number of carbonyl (C=O) groups is 1. The number of aromatic hydroxyl groups is 3. The van der Waals surface area contributed by atoms with Gasteiger partial charge in [0.25, 0.3) is 0 Å². The van der Waals surface area contributed by atoms with Crippen LogP contribution in [0.15, 0.2) is 42.5 Å². The fourth-order valence-corrected chi connectivity index (χ4v) is 1.47. The lowest BCUT2D eigenvalue weighted by molar-refractivity contribution is 0.0153. The lowest BCUT2D eigenvalue weighted by Gasteiger charge is -2.08. The Bertz CT molecular complexity index is 585. The summed E-state index contributed by atoms with van der Waals surface area (Å²) in [5.41, 5.74) is -0.102. The van der Waals surface area contributed by atoms with Crippen molar-refractivity contribution in [1.82, 2.24) is 0 Å². The lowest BCUT2D eigenvalue weighted by atomic mass is 10.2. The third kappa shape index (κ3) is 3.11. The van der Waals surface area contributed by atoms with Crippen molar-refractivity contribution in [2.45, 2.75) is 0 Å². The van der Waals surface area contributed by atoms with Gasteiger partial charge >= 0.3 is 5.97 Å². The Kier molecular flexibility index (Phi) is 3.95. The Hall–Kier alpha value is -2.89. The van der Waals surface area contributed by atoms with Crippen molar-refractivity contribution in [1.29, 1.82) is 0 Å². The average molecular weight is 276 g/mol. The van der Waals surface area contributed by atoms with E-state index in [2.05, 4.69) is 0 Å². The third-order valence-electron chi connectivity index (χ3n) is 2.46. The molecule has 104 valence electrons. The highest BCUT2D eigenvalue weighted by Crippen LogP contribution is 2.35. The van der Waals surface area contributed by atoms with Crippen LogP contribution in [0.4, 0.5) is 0 Å². The number of hydrogen-bond acceptors (Lipinski definition) is 6. The van der Waals surface area contributed by atoms with Gasteiger partial charge in [0, 0.05) is 0 Å². The van der Waals surface area contributed by atoms with E-state index in [0.717, 1.165) is 12.1 Å². The zero-order chi connectivity index (χ0) is 14.5. The van der Waals surface area contributed by atoms with Crippen LogP contribution in [-0.4, -0.2) is 28.1 Å². The third-order valence-corrected chi connectivity index (χ3v) is 2.46. The van der Waals surface area contributed by atoms with Crippen molar-refractivity contribution in [3.63, 3.8) is 0 Å². The van der Waals surface area contributed by atoms with Gasteiger partial charge in [-0.2, -0.15) is 0 Å². The van der Waals surface area contributed by atoms with Gasteiger partial charge in [-0.3, -0.25) is 0 Å². The smallest absolute Gasteiger partial charge is 0.341 e. The number of hydrogen-bond donors (Lipinski definition) is 3. The standard InChI is InChI=1S/C14H12O6/c15-11-6-9(7-12(16)13(11)17)14(18)20-8-19-10-4-2-1-3-5-10/h1-7,15-17H,8H2. The molecule has 0 radical (unpaired) electrons.